The number of carbonyl (C=O) groups excluding carboxylic acids is 1. The molecule has 2 aliphatic heterocycles. The van der Waals surface area contributed by atoms with Gasteiger partial charge in [-0.2, -0.15) is 0 Å². The number of aromatic nitrogens is 2. The fraction of sp³-hybridized carbons (Fsp3) is 0.542. The monoisotopic (exact) mass is 455 g/mol. The fourth-order valence-corrected chi connectivity index (χ4v) is 5.32. The van der Waals surface area contributed by atoms with Crippen LogP contribution in [0.3, 0.4) is 0 Å². The number of aliphatic hydroxyl groups is 1. The highest BCUT2D eigenvalue weighted by molar-refractivity contribution is 5.82. The molecular weight excluding hydrogens is 422 g/mol. The van der Waals surface area contributed by atoms with Crippen LogP contribution in [0.1, 0.15) is 36.3 Å². The highest BCUT2D eigenvalue weighted by Gasteiger charge is 2.55. The molecule has 9 heteroatoms. The average Bonchev–Trinajstić information content (AvgIpc) is 3.49. The van der Waals surface area contributed by atoms with Gasteiger partial charge < -0.3 is 24.3 Å². The third-order valence-electron chi connectivity index (χ3n) is 6.74. The second-order valence-corrected chi connectivity index (χ2v) is 9.13. The summed E-state index contributed by atoms with van der Waals surface area (Å²) in [5.74, 6) is -0.432. The van der Waals surface area contributed by atoms with E-state index < -0.39 is 6.04 Å². The van der Waals surface area contributed by atoms with Gasteiger partial charge in [-0.1, -0.05) is 12.2 Å². The predicted molar refractivity (Wildman–Crippen MR) is 124 cm³/mol. The van der Waals surface area contributed by atoms with Crippen molar-refractivity contribution in [2.75, 3.05) is 33.8 Å². The van der Waals surface area contributed by atoms with Gasteiger partial charge in [-0.25, -0.2) is 4.98 Å². The lowest BCUT2D eigenvalue weighted by molar-refractivity contribution is -0.128. The van der Waals surface area contributed by atoms with Crippen LogP contribution < -0.4 is 10.9 Å². The lowest BCUT2D eigenvalue weighted by Crippen LogP contribution is -2.48. The van der Waals surface area contributed by atoms with Crippen molar-refractivity contribution in [3.8, 4) is 0 Å². The number of carbonyl (C=O) groups is 1. The molecule has 4 heterocycles. The zero-order valence-corrected chi connectivity index (χ0v) is 19.5. The van der Waals surface area contributed by atoms with Gasteiger partial charge in [0, 0.05) is 49.3 Å². The molecule has 0 radical (unpaired) electrons. The Morgan fingerprint density at radius 3 is 2.88 bits per heavy atom. The van der Waals surface area contributed by atoms with Gasteiger partial charge in [-0.15, -0.1) is 0 Å². The Bertz CT molecular complexity index is 1050. The smallest absolute Gasteiger partial charge is 0.258 e. The first-order chi connectivity index (χ1) is 16.0. The van der Waals surface area contributed by atoms with Gasteiger partial charge >= 0.3 is 0 Å². The summed E-state index contributed by atoms with van der Waals surface area (Å²) in [6.45, 7) is 4.09. The molecule has 0 unspecified atom stereocenters. The Balaban J connectivity index is 1.66. The zero-order chi connectivity index (χ0) is 23.5. The molecule has 0 saturated carbocycles. The van der Waals surface area contributed by atoms with Crippen molar-refractivity contribution in [1.29, 1.82) is 0 Å². The molecule has 4 atom stereocenters. The van der Waals surface area contributed by atoms with Crippen molar-refractivity contribution in [2.24, 2.45) is 11.8 Å². The van der Waals surface area contributed by atoms with Crippen molar-refractivity contribution in [3.05, 3.63) is 58.2 Å². The maximum atomic E-state index is 13.3. The predicted octanol–water partition coefficient (Wildman–Crippen LogP) is 1.10. The third kappa shape index (κ3) is 4.53. The van der Waals surface area contributed by atoms with Crippen LogP contribution in [0.15, 0.2) is 40.1 Å². The minimum Gasteiger partial charge on any atom is -0.451 e. The van der Waals surface area contributed by atoms with Gasteiger partial charge in [0.25, 0.3) is 5.56 Å². The van der Waals surface area contributed by atoms with Crippen molar-refractivity contribution >= 4 is 12.0 Å². The largest absolute Gasteiger partial charge is 0.451 e. The summed E-state index contributed by atoms with van der Waals surface area (Å²) in [5.41, 5.74) is 2.19. The number of rotatable bonds is 9. The fourth-order valence-electron chi connectivity index (χ4n) is 5.32. The molecule has 2 aliphatic rings. The molecular formula is C24H33N5O4. The summed E-state index contributed by atoms with van der Waals surface area (Å²) >= 11 is 0. The molecule has 0 aromatic carbocycles. The summed E-state index contributed by atoms with van der Waals surface area (Å²) in [6.07, 6.45) is 7.45. The van der Waals surface area contributed by atoms with E-state index >= 15 is 0 Å². The van der Waals surface area contributed by atoms with E-state index in [0.29, 0.717) is 30.9 Å². The van der Waals surface area contributed by atoms with E-state index in [2.05, 4.69) is 20.1 Å². The van der Waals surface area contributed by atoms with E-state index in [4.69, 9.17) is 4.42 Å². The Kier molecular flexibility index (Phi) is 7.11. The number of oxazole rings is 1. The number of fused-ring (bicyclic) bond motifs is 3. The molecule has 33 heavy (non-hydrogen) atoms. The standard InChI is InChI=1S/C24H33N5O4/c1-4-6-16-7-8-20-21-18(12-28(20)24(16)32)19(13-30)22(23(31)25-9-5-10-27(2)3)29(21)11-17-14-33-15-26-17/h4,6-8,14-15,18-19,21-22,30H,5,9-13H2,1-3H3,(H,25,31)/b6-4+/t18-,19-,21+,22-/m0/s1. The number of nitrogens with zero attached hydrogens (tertiary/aromatic N) is 4. The SMILES string of the molecule is C/C=C/c1ccc2n(c1=O)C[C@H]1[C@H](CO)[C@@H](C(=O)NCCCN(C)C)N(Cc3cocn3)[C@@H]21. The highest BCUT2D eigenvalue weighted by Crippen LogP contribution is 2.49. The molecule has 0 spiro atoms. The second kappa shape index (κ2) is 10.0. The molecule has 2 aromatic heterocycles. The molecule has 1 amide bonds. The minimum absolute atomic E-state index is 0.0391. The maximum Gasteiger partial charge on any atom is 0.258 e. The van der Waals surface area contributed by atoms with Gasteiger partial charge in [0.1, 0.15) is 6.26 Å². The van der Waals surface area contributed by atoms with Crippen molar-refractivity contribution in [2.45, 2.75) is 38.5 Å². The molecule has 178 valence electrons. The van der Waals surface area contributed by atoms with Crippen LogP contribution >= 0.6 is 0 Å². The number of pyridine rings is 1. The van der Waals surface area contributed by atoms with Crippen LogP contribution in [-0.4, -0.2) is 70.2 Å². The average molecular weight is 456 g/mol. The number of allylic oxidation sites excluding steroid dienone is 1. The summed E-state index contributed by atoms with van der Waals surface area (Å²) in [5, 5.41) is 13.4. The first-order valence-electron chi connectivity index (χ1n) is 11.5. The van der Waals surface area contributed by atoms with E-state index in [0.717, 1.165) is 18.7 Å². The lowest BCUT2D eigenvalue weighted by atomic mass is 9.88. The summed E-state index contributed by atoms with van der Waals surface area (Å²) in [7, 11) is 4.01. The van der Waals surface area contributed by atoms with Crippen LogP contribution in [0.2, 0.25) is 0 Å². The van der Waals surface area contributed by atoms with Crippen molar-refractivity contribution in [1.82, 2.24) is 24.7 Å². The number of nitrogens with one attached hydrogen (secondary N) is 1. The van der Waals surface area contributed by atoms with Crippen molar-refractivity contribution < 1.29 is 14.3 Å². The van der Waals surface area contributed by atoms with Crippen LogP contribution in [0.4, 0.5) is 0 Å². The highest BCUT2D eigenvalue weighted by atomic mass is 16.3. The molecule has 2 N–H and O–H groups in total. The molecule has 0 bridgehead atoms. The number of hydrogen-bond acceptors (Lipinski definition) is 7. The lowest BCUT2D eigenvalue weighted by Gasteiger charge is -2.30. The maximum absolute atomic E-state index is 13.3. The van der Waals surface area contributed by atoms with Gasteiger partial charge in [0.15, 0.2) is 6.39 Å². The first-order valence-corrected chi connectivity index (χ1v) is 11.5. The third-order valence-corrected chi connectivity index (χ3v) is 6.74. The Hall–Kier alpha value is -2.75. The Morgan fingerprint density at radius 2 is 2.21 bits per heavy atom. The Labute approximate surface area is 193 Å². The van der Waals surface area contributed by atoms with E-state index in [9.17, 15) is 14.7 Å². The van der Waals surface area contributed by atoms with Crippen LogP contribution in [0.5, 0.6) is 0 Å². The second-order valence-electron chi connectivity index (χ2n) is 9.13. The minimum atomic E-state index is -0.514. The molecule has 1 fully saturated rings. The number of hydrogen-bond donors (Lipinski definition) is 2. The van der Waals surface area contributed by atoms with Gasteiger partial charge in [-0.05, 0) is 46.1 Å². The zero-order valence-electron chi connectivity index (χ0n) is 19.5. The molecule has 9 nitrogen and oxygen atoms in total. The first kappa shape index (κ1) is 23.4. The molecule has 4 rings (SSSR count). The van der Waals surface area contributed by atoms with E-state index in [1.807, 2.05) is 45.3 Å². The van der Waals surface area contributed by atoms with E-state index in [1.165, 1.54) is 6.39 Å². The molecule has 1 saturated heterocycles. The number of aliphatic hydroxyl groups excluding tert-OH is 1. The summed E-state index contributed by atoms with van der Waals surface area (Å²) in [4.78, 5) is 34.8. The van der Waals surface area contributed by atoms with Crippen molar-refractivity contribution in [3.63, 3.8) is 0 Å². The quantitative estimate of drug-likeness (QED) is 0.546. The van der Waals surface area contributed by atoms with Gasteiger partial charge in [0.2, 0.25) is 5.91 Å². The number of likely N-dealkylation sites (tertiary alicyclic amines) is 1. The van der Waals surface area contributed by atoms with Crippen LogP contribution in [0, 0.1) is 11.8 Å². The van der Waals surface area contributed by atoms with Crippen LogP contribution in [0.25, 0.3) is 6.08 Å². The molecule has 2 aromatic rings. The Morgan fingerprint density at radius 1 is 1.39 bits per heavy atom. The molecule has 0 aliphatic carbocycles. The number of amides is 1. The van der Waals surface area contributed by atoms with E-state index in [1.54, 1.807) is 10.8 Å². The van der Waals surface area contributed by atoms with Gasteiger partial charge in [0.05, 0.1) is 17.8 Å². The normalized spacial score (nSPS) is 24.5. The summed E-state index contributed by atoms with van der Waals surface area (Å²) < 4.78 is 6.96. The van der Waals surface area contributed by atoms with Crippen LogP contribution in [-0.2, 0) is 17.9 Å². The summed E-state index contributed by atoms with van der Waals surface area (Å²) in [6, 6.07) is 3.14. The topological polar surface area (TPSA) is 104 Å². The van der Waals surface area contributed by atoms with E-state index in [-0.39, 0.29) is 36.0 Å². The van der Waals surface area contributed by atoms with Gasteiger partial charge in [-0.3, -0.25) is 14.5 Å².